The van der Waals surface area contributed by atoms with Gasteiger partial charge in [-0.05, 0) is 46.0 Å². The lowest BCUT2D eigenvalue weighted by molar-refractivity contribution is -0.128. The quantitative estimate of drug-likeness (QED) is 0.0458. The normalized spacial score (nSPS) is 20.8. The zero-order chi connectivity index (χ0) is 57.9. The number of carbonyl (C=O) groups excluding carboxylic acids is 2. The Hall–Kier alpha value is -5.79. The molecule has 3 aromatic carbocycles. The summed E-state index contributed by atoms with van der Waals surface area (Å²) in [6.07, 6.45) is -1.95. The van der Waals surface area contributed by atoms with Gasteiger partial charge in [-0.3, -0.25) is 43.6 Å². The summed E-state index contributed by atoms with van der Waals surface area (Å²) in [5.74, 6) is -0.943. The van der Waals surface area contributed by atoms with Crippen LogP contribution in [0.3, 0.4) is 0 Å². The highest BCUT2D eigenvalue weighted by molar-refractivity contribution is 7.41. The molecule has 2 aliphatic heterocycles. The summed E-state index contributed by atoms with van der Waals surface area (Å²) in [6.45, 7) is 23.9. The number of anilines is 1. The van der Waals surface area contributed by atoms with Crippen molar-refractivity contribution >= 4 is 64.5 Å². The first kappa shape index (κ1) is 60.3. The van der Waals surface area contributed by atoms with Crippen molar-refractivity contribution < 1.29 is 41.5 Å². The number of imidazole rings is 1. The molecule has 2 saturated heterocycles. The summed E-state index contributed by atoms with van der Waals surface area (Å²) in [5, 5.41) is 4.23. The lowest BCUT2D eigenvalue weighted by Crippen LogP contribution is -2.67. The van der Waals surface area contributed by atoms with Crippen LogP contribution in [0.5, 0.6) is 0 Å². The van der Waals surface area contributed by atoms with E-state index in [1.807, 2.05) is 66.7 Å². The predicted octanol–water partition coefficient (Wildman–Crippen LogP) is 7.98. The molecule has 8 atom stereocenters. The van der Waals surface area contributed by atoms with E-state index in [1.165, 1.54) is 24.0 Å². The predicted molar refractivity (Wildman–Crippen MR) is 312 cm³/mol. The molecule has 0 bridgehead atoms. The molecule has 3 aromatic heterocycles. The number of H-pyrrole nitrogens is 2. The Morgan fingerprint density at radius 2 is 1.39 bits per heavy atom. The van der Waals surface area contributed by atoms with Crippen LogP contribution < -0.4 is 32.5 Å². The van der Waals surface area contributed by atoms with Crippen molar-refractivity contribution in [1.82, 2.24) is 34.0 Å². The number of carbonyl (C=O) groups is 2. The Labute approximate surface area is 470 Å². The number of nitrogens with zero attached hydrogens (tertiary/aromatic N) is 5. The second-order valence-corrected chi connectivity index (χ2v) is 33.7. The van der Waals surface area contributed by atoms with Gasteiger partial charge in [0.25, 0.3) is 19.4 Å². The molecule has 2 fully saturated rings. The minimum Gasteiger partial charge on any atom is -0.411 e. The molecule has 3 N–H and O–H groups in total. The summed E-state index contributed by atoms with van der Waals surface area (Å²) >= 11 is 0. The van der Waals surface area contributed by atoms with Gasteiger partial charge < -0.3 is 36.8 Å². The van der Waals surface area contributed by atoms with E-state index in [9.17, 15) is 24.0 Å². The fourth-order valence-electron chi connectivity index (χ4n) is 9.74. The Bertz CT molecular complexity index is 3240. The van der Waals surface area contributed by atoms with Crippen LogP contribution in [-0.2, 0) is 41.5 Å². The number of nitrogens with one attached hydrogen (secondary N) is 3. The van der Waals surface area contributed by atoms with Crippen molar-refractivity contribution in [2.24, 2.45) is 5.92 Å². The van der Waals surface area contributed by atoms with Gasteiger partial charge in [-0.15, -0.1) is 0 Å². The molecule has 23 heteroatoms. The van der Waals surface area contributed by atoms with Gasteiger partial charge in [0.05, 0.1) is 38.3 Å². The maximum Gasteiger partial charge on any atom is 0.333 e. The van der Waals surface area contributed by atoms with Crippen molar-refractivity contribution in [3.05, 3.63) is 146 Å². The van der Waals surface area contributed by atoms with E-state index in [-0.39, 0.29) is 66.6 Å². The topological polar surface area (TPSA) is 232 Å². The number of fused-ring (bicyclic) bond motifs is 1. The van der Waals surface area contributed by atoms with Gasteiger partial charge in [-0.25, -0.2) is 9.78 Å². The summed E-state index contributed by atoms with van der Waals surface area (Å²) < 4.78 is 52.6. The van der Waals surface area contributed by atoms with E-state index in [0.29, 0.717) is 5.56 Å². The van der Waals surface area contributed by atoms with Gasteiger partial charge in [0.2, 0.25) is 17.8 Å². The van der Waals surface area contributed by atoms with Gasteiger partial charge >= 0.3 is 14.3 Å². The number of hydrogen-bond acceptors (Lipinski definition) is 14. The highest BCUT2D eigenvalue weighted by Gasteiger charge is 2.52. The van der Waals surface area contributed by atoms with Crippen molar-refractivity contribution in [1.29, 1.82) is 0 Å². The van der Waals surface area contributed by atoms with Crippen LogP contribution in [0.25, 0.3) is 11.2 Å². The number of benzene rings is 3. The van der Waals surface area contributed by atoms with Crippen LogP contribution in [0.4, 0.5) is 5.95 Å². The van der Waals surface area contributed by atoms with Gasteiger partial charge in [0, 0.05) is 44.5 Å². The smallest absolute Gasteiger partial charge is 0.333 e. The molecule has 20 nitrogen and oxygen atoms in total. The van der Waals surface area contributed by atoms with Crippen LogP contribution in [0.1, 0.15) is 105 Å². The van der Waals surface area contributed by atoms with E-state index >= 15 is 0 Å². The van der Waals surface area contributed by atoms with E-state index in [1.54, 1.807) is 37.3 Å². The molecule has 6 aromatic rings. The molecule has 0 saturated carbocycles. The zero-order valence-electron chi connectivity index (χ0n) is 48.1. The summed E-state index contributed by atoms with van der Waals surface area (Å²) in [4.78, 5) is 80.9. The molecule has 0 aliphatic carbocycles. The van der Waals surface area contributed by atoms with Gasteiger partial charge in [0.15, 0.2) is 19.5 Å². The lowest BCUT2D eigenvalue weighted by atomic mass is 10.1. The highest BCUT2D eigenvalue weighted by atomic mass is 31.2. The van der Waals surface area contributed by atoms with Crippen LogP contribution in [0, 0.1) is 12.8 Å². The second-order valence-electron chi connectivity index (χ2n) is 23.5. The molecule has 430 valence electrons. The monoisotopic (exact) mass is 1150 g/mol. The fraction of sp³-hybridized carbons (Fsp3) is 0.491. The van der Waals surface area contributed by atoms with E-state index in [0.717, 1.165) is 15.9 Å². The van der Waals surface area contributed by atoms with Crippen molar-refractivity contribution in [3.8, 4) is 0 Å². The summed E-state index contributed by atoms with van der Waals surface area (Å²) in [5.41, 5.74) is -0.327. The molecule has 0 spiro atoms. The third-order valence-electron chi connectivity index (χ3n) is 15.4. The molecule has 80 heavy (non-hydrogen) atoms. The number of amides is 2. The average Bonchev–Trinajstić information content (AvgIpc) is 4.23. The van der Waals surface area contributed by atoms with Crippen LogP contribution in [0.15, 0.2) is 118 Å². The first-order valence-corrected chi connectivity index (χ1v) is 33.0. The molecule has 0 unspecified atom stereocenters. The molecule has 2 aliphatic rings. The third kappa shape index (κ3) is 13.4. The minimum absolute atomic E-state index is 0.0341. The highest BCUT2D eigenvalue weighted by Crippen LogP contribution is 2.51. The standard InChI is InChI=1S/C57H77N8O12PSi2/c1-36(2)51(67)60-54-59-50-49(53(69)61-54)58-35-65(50)48-29-42(46(74-48)34-72-80(57(8,9)10,40-25-19-15-20-26-40)41-27-21-16-22-28-41)75-78(76-44(32-63(11)38(4)66)39-23-17-14-18-24-39)71-33-45-43(77-79(12,13)56(5,6)7)30-47(73-45)64-31-37(3)52(68)62-55(64)70/h14-28,31,35-36,42-48H,29-30,32-34H2,1-13H3,(H,62,68,70)(H2,59,60,61,67,69)/t42-,43-,44-,45+,46+,47+,48+,78+/m0/s1. The van der Waals surface area contributed by atoms with E-state index in [2.05, 4.69) is 104 Å². The Balaban J connectivity index is 1.21. The maximum absolute atomic E-state index is 13.5. The largest absolute Gasteiger partial charge is 0.411 e. The second kappa shape index (κ2) is 24.7. The van der Waals surface area contributed by atoms with Crippen LogP contribution in [-0.4, -0.2) is 114 Å². The summed E-state index contributed by atoms with van der Waals surface area (Å²) in [7, 11) is -6.41. The van der Waals surface area contributed by atoms with E-state index in [4.69, 9.17) is 31.9 Å². The minimum atomic E-state index is -3.20. The number of ether oxygens (including phenoxy) is 2. The van der Waals surface area contributed by atoms with Crippen LogP contribution in [0.2, 0.25) is 23.2 Å². The number of hydrogen-bond donors (Lipinski definition) is 3. The molecular weight excluding hydrogens is 1080 g/mol. The van der Waals surface area contributed by atoms with Gasteiger partial charge in [-0.1, -0.05) is 146 Å². The number of aryl methyl sites for hydroxylation is 1. The summed E-state index contributed by atoms with van der Waals surface area (Å²) in [6, 6.07) is 30.0. The van der Waals surface area contributed by atoms with Crippen molar-refractivity contribution in [3.63, 3.8) is 0 Å². The average molecular weight is 1150 g/mol. The molecule has 0 radical (unpaired) electrons. The molecule has 5 heterocycles. The Morgan fingerprint density at radius 1 is 0.812 bits per heavy atom. The maximum atomic E-state index is 13.5. The third-order valence-corrected chi connectivity index (χ3v) is 26.1. The number of rotatable bonds is 21. The fourth-order valence-corrected chi connectivity index (χ4v) is 16.9. The first-order chi connectivity index (χ1) is 37.8. The van der Waals surface area contributed by atoms with E-state index < -0.39 is 96.0 Å². The molecular formula is C57H77N8O12PSi2. The van der Waals surface area contributed by atoms with Crippen molar-refractivity contribution in [2.45, 2.75) is 148 Å². The molecule has 8 rings (SSSR count). The zero-order valence-corrected chi connectivity index (χ0v) is 50.9. The first-order valence-electron chi connectivity index (χ1n) is 27.1. The lowest BCUT2D eigenvalue weighted by Gasteiger charge is -2.43. The number of likely N-dealkylation sites (N-methyl/N-ethyl adjacent to an activating group) is 1. The number of aromatic amines is 2. The SMILES string of the molecule is CC(=O)N(C)C[C@H](O[P@](OC[C@H]1O[C@@H](n2cc(C)c(=O)[nH]c2=O)C[C@@H]1O[Si](C)(C)C(C)(C)C)O[C@H]1C[C@H](n2cnc3c(=O)[nH]c(NC(=O)C(C)C)nc32)O[C@@H]1CO[Si](c1ccccc1)(c1ccccc1)C(C)(C)C)c1ccccc1. The van der Waals surface area contributed by atoms with Gasteiger partial charge in [-0.2, -0.15) is 4.98 Å². The van der Waals surface area contributed by atoms with Crippen molar-refractivity contribution in [2.75, 3.05) is 32.1 Å². The Morgan fingerprint density at radius 3 is 1.96 bits per heavy atom. The Kier molecular flexibility index (Phi) is 18.7. The number of aromatic nitrogens is 6. The molecule has 2 amide bonds. The van der Waals surface area contributed by atoms with Crippen LogP contribution >= 0.6 is 8.60 Å². The van der Waals surface area contributed by atoms with Gasteiger partial charge in [0.1, 0.15) is 30.8 Å².